The van der Waals surface area contributed by atoms with Crippen LogP contribution in [0.1, 0.15) is 51.9 Å². The molecule has 0 aromatic carbocycles. The Bertz CT molecular complexity index is 328. The van der Waals surface area contributed by atoms with Gasteiger partial charge >= 0.3 is 0 Å². The lowest BCUT2D eigenvalue weighted by atomic mass is 9.76. The van der Waals surface area contributed by atoms with Gasteiger partial charge in [-0.2, -0.15) is 0 Å². The zero-order valence-electron chi connectivity index (χ0n) is 13.9. The highest BCUT2D eigenvalue weighted by Crippen LogP contribution is 2.33. The van der Waals surface area contributed by atoms with Gasteiger partial charge in [-0.15, -0.1) is 0 Å². The van der Waals surface area contributed by atoms with Gasteiger partial charge in [0.2, 0.25) is 5.91 Å². The van der Waals surface area contributed by atoms with Crippen LogP contribution < -0.4 is 5.73 Å². The molecular formula is C17H33N3O. The van der Waals surface area contributed by atoms with Crippen molar-refractivity contribution in [3.8, 4) is 0 Å². The van der Waals surface area contributed by atoms with Gasteiger partial charge in [0.05, 0.1) is 6.54 Å². The van der Waals surface area contributed by atoms with Crippen molar-refractivity contribution >= 4 is 5.91 Å². The van der Waals surface area contributed by atoms with E-state index in [1.165, 1.54) is 44.9 Å². The number of nitrogens with two attached hydrogens (primary N) is 1. The van der Waals surface area contributed by atoms with Gasteiger partial charge in [-0.25, -0.2) is 0 Å². The van der Waals surface area contributed by atoms with Gasteiger partial charge in [0.25, 0.3) is 0 Å². The van der Waals surface area contributed by atoms with Crippen molar-refractivity contribution in [1.29, 1.82) is 0 Å². The minimum absolute atomic E-state index is 0.309. The maximum Gasteiger partial charge on any atom is 0.236 e. The van der Waals surface area contributed by atoms with E-state index in [1.54, 1.807) is 0 Å². The molecule has 3 unspecified atom stereocenters. The third kappa shape index (κ3) is 4.43. The second-order valence-corrected chi connectivity index (χ2v) is 7.03. The molecule has 1 saturated carbocycles. The second kappa shape index (κ2) is 8.14. The van der Waals surface area contributed by atoms with Gasteiger partial charge in [-0.05, 0) is 51.1 Å². The van der Waals surface area contributed by atoms with Gasteiger partial charge in [0.1, 0.15) is 0 Å². The number of hydrogen-bond donors (Lipinski definition) is 1. The molecule has 1 saturated heterocycles. The number of amides is 1. The molecule has 2 fully saturated rings. The normalized spacial score (nSPS) is 30.1. The van der Waals surface area contributed by atoms with E-state index in [2.05, 4.69) is 18.9 Å². The molecule has 2 aliphatic rings. The summed E-state index contributed by atoms with van der Waals surface area (Å²) in [7, 11) is 2.12. The van der Waals surface area contributed by atoms with Crippen molar-refractivity contribution in [1.82, 2.24) is 9.80 Å². The molecule has 4 nitrogen and oxygen atoms in total. The number of nitrogens with zero attached hydrogens (tertiary/aromatic N) is 2. The van der Waals surface area contributed by atoms with E-state index < -0.39 is 0 Å². The molecule has 0 aromatic rings. The van der Waals surface area contributed by atoms with Crippen LogP contribution >= 0.6 is 0 Å². The van der Waals surface area contributed by atoms with Crippen LogP contribution in [-0.2, 0) is 4.79 Å². The summed E-state index contributed by atoms with van der Waals surface area (Å²) in [4.78, 5) is 16.7. The molecule has 2 N–H and O–H groups in total. The van der Waals surface area contributed by atoms with Gasteiger partial charge < -0.3 is 10.6 Å². The number of carbonyl (C=O) groups excluding carboxylic acids is 1. The summed E-state index contributed by atoms with van der Waals surface area (Å²) in [6.45, 7) is 5.50. The van der Waals surface area contributed by atoms with Crippen LogP contribution in [0, 0.1) is 11.8 Å². The first-order chi connectivity index (χ1) is 10.2. The predicted molar refractivity (Wildman–Crippen MR) is 87.0 cm³/mol. The SMILES string of the molecule is CCCC1CCC(CN)C(N(C)CC(=O)N2CCCC2)C1. The van der Waals surface area contributed by atoms with Crippen LogP contribution in [0.4, 0.5) is 0 Å². The molecule has 4 heteroatoms. The first kappa shape index (κ1) is 16.8. The summed E-state index contributed by atoms with van der Waals surface area (Å²) in [6, 6.07) is 0.492. The summed E-state index contributed by atoms with van der Waals surface area (Å²) in [5, 5.41) is 0. The Hall–Kier alpha value is -0.610. The highest BCUT2D eigenvalue weighted by molar-refractivity contribution is 5.78. The average Bonchev–Trinajstić information content (AvgIpc) is 3.01. The Morgan fingerprint density at radius 1 is 1.29 bits per heavy atom. The van der Waals surface area contributed by atoms with Crippen molar-refractivity contribution in [2.45, 2.75) is 57.9 Å². The fraction of sp³-hybridized carbons (Fsp3) is 0.941. The maximum atomic E-state index is 12.4. The molecular weight excluding hydrogens is 262 g/mol. The maximum absolute atomic E-state index is 12.4. The monoisotopic (exact) mass is 295 g/mol. The minimum atomic E-state index is 0.309. The second-order valence-electron chi connectivity index (χ2n) is 7.03. The summed E-state index contributed by atoms with van der Waals surface area (Å²) < 4.78 is 0. The molecule has 1 amide bonds. The molecule has 3 atom stereocenters. The van der Waals surface area contributed by atoms with Gasteiger partial charge in [0, 0.05) is 19.1 Å². The largest absolute Gasteiger partial charge is 0.342 e. The molecule has 1 aliphatic carbocycles. The minimum Gasteiger partial charge on any atom is -0.342 e. The number of hydrogen-bond acceptors (Lipinski definition) is 3. The lowest BCUT2D eigenvalue weighted by molar-refractivity contribution is -0.132. The topological polar surface area (TPSA) is 49.6 Å². The lowest BCUT2D eigenvalue weighted by Gasteiger charge is -2.41. The molecule has 21 heavy (non-hydrogen) atoms. The molecule has 0 aromatic heterocycles. The Balaban J connectivity index is 1.90. The van der Waals surface area contributed by atoms with Crippen LogP contribution in [-0.4, -0.2) is 55.0 Å². The fourth-order valence-electron chi connectivity index (χ4n) is 4.18. The summed E-state index contributed by atoms with van der Waals surface area (Å²) in [5.41, 5.74) is 5.98. The van der Waals surface area contributed by atoms with E-state index >= 15 is 0 Å². The summed E-state index contributed by atoms with van der Waals surface area (Å²) in [5.74, 6) is 1.70. The molecule has 0 spiro atoms. The standard InChI is InChI=1S/C17H33N3O/c1-3-6-14-7-8-15(12-18)16(11-14)19(2)13-17(21)20-9-4-5-10-20/h14-16H,3-13,18H2,1-2H3. The highest BCUT2D eigenvalue weighted by atomic mass is 16.2. The molecule has 0 radical (unpaired) electrons. The molecule has 2 rings (SSSR count). The van der Waals surface area contributed by atoms with E-state index in [0.717, 1.165) is 25.6 Å². The van der Waals surface area contributed by atoms with E-state index in [-0.39, 0.29) is 0 Å². The molecule has 0 bridgehead atoms. The zero-order chi connectivity index (χ0) is 15.2. The number of likely N-dealkylation sites (N-methyl/N-ethyl adjacent to an activating group) is 1. The van der Waals surface area contributed by atoms with Gasteiger partial charge in [-0.1, -0.05) is 26.2 Å². The summed E-state index contributed by atoms with van der Waals surface area (Å²) >= 11 is 0. The van der Waals surface area contributed by atoms with Crippen LogP contribution in [0.15, 0.2) is 0 Å². The Morgan fingerprint density at radius 3 is 2.62 bits per heavy atom. The molecule has 122 valence electrons. The third-order valence-electron chi connectivity index (χ3n) is 5.47. The van der Waals surface area contributed by atoms with Gasteiger partial charge in [-0.3, -0.25) is 9.69 Å². The van der Waals surface area contributed by atoms with Crippen LogP contribution in [0.3, 0.4) is 0 Å². The first-order valence-corrected chi connectivity index (χ1v) is 8.83. The van der Waals surface area contributed by atoms with Gasteiger partial charge in [0.15, 0.2) is 0 Å². The van der Waals surface area contributed by atoms with E-state index in [1.807, 2.05) is 4.90 Å². The van der Waals surface area contributed by atoms with Crippen molar-refractivity contribution in [3.05, 3.63) is 0 Å². The Kier molecular flexibility index (Phi) is 6.49. The molecule has 1 aliphatic heterocycles. The molecule has 1 heterocycles. The highest BCUT2D eigenvalue weighted by Gasteiger charge is 2.33. The van der Waals surface area contributed by atoms with E-state index in [0.29, 0.717) is 24.4 Å². The van der Waals surface area contributed by atoms with Crippen LogP contribution in [0.25, 0.3) is 0 Å². The average molecular weight is 295 g/mol. The number of carbonyl (C=O) groups is 1. The predicted octanol–water partition coefficient (Wildman–Crippen LogP) is 2.08. The smallest absolute Gasteiger partial charge is 0.236 e. The van der Waals surface area contributed by atoms with Crippen molar-refractivity contribution in [2.24, 2.45) is 17.6 Å². The first-order valence-electron chi connectivity index (χ1n) is 8.83. The van der Waals surface area contributed by atoms with Crippen LogP contribution in [0.5, 0.6) is 0 Å². The Labute approximate surface area is 130 Å². The fourth-order valence-corrected chi connectivity index (χ4v) is 4.18. The third-order valence-corrected chi connectivity index (χ3v) is 5.47. The summed E-state index contributed by atoms with van der Waals surface area (Å²) in [6.07, 6.45) is 8.70. The number of rotatable bonds is 6. The number of likely N-dealkylation sites (tertiary alicyclic amines) is 1. The van der Waals surface area contributed by atoms with Crippen molar-refractivity contribution < 1.29 is 4.79 Å². The Morgan fingerprint density at radius 2 is 2.00 bits per heavy atom. The van der Waals surface area contributed by atoms with Crippen LogP contribution in [0.2, 0.25) is 0 Å². The quantitative estimate of drug-likeness (QED) is 0.816. The zero-order valence-corrected chi connectivity index (χ0v) is 13.9. The van der Waals surface area contributed by atoms with E-state index in [4.69, 9.17) is 5.73 Å². The van der Waals surface area contributed by atoms with E-state index in [9.17, 15) is 4.79 Å². The lowest BCUT2D eigenvalue weighted by Crippen LogP contribution is -2.48. The van der Waals surface area contributed by atoms with Crippen molar-refractivity contribution in [2.75, 3.05) is 33.2 Å². The van der Waals surface area contributed by atoms with Crippen molar-refractivity contribution in [3.63, 3.8) is 0 Å².